The summed E-state index contributed by atoms with van der Waals surface area (Å²) >= 11 is 0. The second-order valence-electron chi connectivity index (χ2n) is 2.94. The van der Waals surface area contributed by atoms with Gasteiger partial charge in [0.05, 0.1) is 30.7 Å². The Kier molecular flexibility index (Phi) is 7.54. The molecule has 0 saturated carbocycles. The lowest BCUT2D eigenvalue weighted by Crippen LogP contribution is -2.09. The first-order valence-corrected chi connectivity index (χ1v) is 5.51. The zero-order valence-corrected chi connectivity index (χ0v) is 10.5. The van der Waals surface area contributed by atoms with Crippen molar-refractivity contribution in [2.75, 3.05) is 31.3 Å². The van der Waals surface area contributed by atoms with E-state index < -0.39 is 5.97 Å². The van der Waals surface area contributed by atoms with Crippen LogP contribution in [-0.4, -0.2) is 31.3 Å². The Labute approximate surface area is 102 Å². The van der Waals surface area contributed by atoms with Gasteiger partial charge in [0, 0.05) is 6.54 Å². The van der Waals surface area contributed by atoms with E-state index in [0.29, 0.717) is 23.5 Å². The van der Waals surface area contributed by atoms with E-state index >= 15 is 0 Å². The lowest BCUT2D eigenvalue weighted by molar-refractivity contribution is 0.0601. The minimum absolute atomic E-state index is 0.0260. The number of esters is 1. The van der Waals surface area contributed by atoms with Gasteiger partial charge in [-0.05, 0) is 18.2 Å². The first kappa shape index (κ1) is 15.2. The maximum absolute atomic E-state index is 11.2. The van der Waals surface area contributed by atoms with E-state index in [0.717, 1.165) is 0 Å². The summed E-state index contributed by atoms with van der Waals surface area (Å²) in [6, 6.07) is 4.82. The molecule has 5 nitrogen and oxygen atoms in total. The number of ether oxygens (including phenoxy) is 1. The number of hydrogen-bond donors (Lipinski definition) is 3. The van der Waals surface area contributed by atoms with E-state index in [-0.39, 0.29) is 6.61 Å². The summed E-state index contributed by atoms with van der Waals surface area (Å²) in [7, 11) is 1.32. The molecule has 0 amide bonds. The lowest BCUT2D eigenvalue weighted by atomic mass is 10.1. The van der Waals surface area contributed by atoms with Crippen molar-refractivity contribution in [1.29, 1.82) is 0 Å². The SMILES string of the molecule is CC.COC(=O)c1ccc(NCCO)c(N)c1. The average molecular weight is 240 g/mol. The number of nitrogen functional groups attached to an aromatic ring is 1. The number of aliphatic hydroxyl groups excluding tert-OH is 1. The van der Waals surface area contributed by atoms with E-state index in [1.165, 1.54) is 13.2 Å². The van der Waals surface area contributed by atoms with Crippen LogP contribution in [-0.2, 0) is 4.74 Å². The van der Waals surface area contributed by atoms with Gasteiger partial charge in [-0.3, -0.25) is 0 Å². The predicted molar refractivity (Wildman–Crippen MR) is 69.1 cm³/mol. The van der Waals surface area contributed by atoms with Crippen molar-refractivity contribution in [3.63, 3.8) is 0 Å². The summed E-state index contributed by atoms with van der Waals surface area (Å²) < 4.78 is 4.56. The molecule has 0 heterocycles. The Balaban J connectivity index is 0.00000121. The third-order valence-electron chi connectivity index (χ3n) is 1.90. The predicted octanol–water partition coefficient (Wildman–Crippen LogP) is 1.49. The molecular weight excluding hydrogens is 220 g/mol. The molecule has 96 valence electrons. The zero-order chi connectivity index (χ0) is 13.3. The van der Waals surface area contributed by atoms with Crippen LogP contribution in [0.15, 0.2) is 18.2 Å². The second-order valence-corrected chi connectivity index (χ2v) is 2.94. The van der Waals surface area contributed by atoms with Gasteiger partial charge in [-0.25, -0.2) is 4.79 Å². The highest BCUT2D eigenvalue weighted by atomic mass is 16.5. The molecule has 17 heavy (non-hydrogen) atoms. The molecule has 0 bridgehead atoms. The lowest BCUT2D eigenvalue weighted by Gasteiger charge is -2.08. The van der Waals surface area contributed by atoms with Crippen LogP contribution in [0.4, 0.5) is 11.4 Å². The molecule has 1 aromatic carbocycles. The Bertz CT molecular complexity index is 354. The molecule has 0 radical (unpaired) electrons. The van der Waals surface area contributed by atoms with Gasteiger partial charge >= 0.3 is 5.97 Å². The fraction of sp³-hybridized carbons (Fsp3) is 0.417. The molecular formula is C12H20N2O3. The van der Waals surface area contributed by atoms with Crippen LogP contribution in [0.3, 0.4) is 0 Å². The molecule has 0 aliphatic rings. The van der Waals surface area contributed by atoms with Crippen molar-refractivity contribution in [3.8, 4) is 0 Å². The third-order valence-corrected chi connectivity index (χ3v) is 1.90. The van der Waals surface area contributed by atoms with Gasteiger partial charge < -0.3 is 20.9 Å². The number of anilines is 2. The summed E-state index contributed by atoms with van der Waals surface area (Å²) in [5.41, 5.74) is 7.25. The molecule has 0 aliphatic carbocycles. The van der Waals surface area contributed by atoms with Crippen molar-refractivity contribution in [1.82, 2.24) is 0 Å². The minimum Gasteiger partial charge on any atom is -0.465 e. The summed E-state index contributed by atoms with van der Waals surface area (Å²) in [5.74, 6) is -0.421. The standard InChI is InChI=1S/C10H14N2O3.C2H6/c1-15-10(14)7-2-3-9(8(11)6-7)12-4-5-13;1-2/h2-3,6,12-13H,4-5,11H2,1H3;1-2H3. The van der Waals surface area contributed by atoms with Crippen molar-refractivity contribution in [3.05, 3.63) is 23.8 Å². The fourth-order valence-corrected chi connectivity index (χ4v) is 1.16. The topological polar surface area (TPSA) is 84.6 Å². The summed E-state index contributed by atoms with van der Waals surface area (Å²) in [6.45, 7) is 4.44. The van der Waals surface area contributed by atoms with Crippen molar-refractivity contribution < 1.29 is 14.6 Å². The van der Waals surface area contributed by atoms with E-state index in [4.69, 9.17) is 10.8 Å². The number of carbonyl (C=O) groups is 1. The van der Waals surface area contributed by atoms with Crippen molar-refractivity contribution in [2.24, 2.45) is 0 Å². The van der Waals surface area contributed by atoms with Crippen LogP contribution in [0, 0.1) is 0 Å². The second kappa shape index (κ2) is 8.41. The maximum Gasteiger partial charge on any atom is 0.337 e. The molecule has 0 spiro atoms. The average Bonchev–Trinajstić information content (AvgIpc) is 2.38. The molecule has 0 aromatic heterocycles. The number of aliphatic hydroxyl groups is 1. The molecule has 0 unspecified atom stereocenters. The number of methoxy groups -OCH3 is 1. The molecule has 5 heteroatoms. The van der Waals surface area contributed by atoms with Crippen LogP contribution in [0.2, 0.25) is 0 Å². The van der Waals surface area contributed by atoms with E-state index in [2.05, 4.69) is 10.1 Å². The van der Waals surface area contributed by atoms with Crippen LogP contribution in [0.25, 0.3) is 0 Å². The number of benzene rings is 1. The van der Waals surface area contributed by atoms with Gasteiger partial charge in [0.1, 0.15) is 0 Å². The Morgan fingerprint density at radius 3 is 2.59 bits per heavy atom. The van der Waals surface area contributed by atoms with Crippen LogP contribution >= 0.6 is 0 Å². The van der Waals surface area contributed by atoms with Crippen LogP contribution in [0.1, 0.15) is 24.2 Å². The quantitative estimate of drug-likeness (QED) is 0.548. The fourth-order valence-electron chi connectivity index (χ4n) is 1.16. The van der Waals surface area contributed by atoms with Gasteiger partial charge in [-0.2, -0.15) is 0 Å². The minimum atomic E-state index is -0.421. The molecule has 4 N–H and O–H groups in total. The summed E-state index contributed by atoms with van der Waals surface area (Å²) in [4.78, 5) is 11.2. The highest BCUT2D eigenvalue weighted by molar-refractivity contribution is 5.91. The Morgan fingerprint density at radius 1 is 1.47 bits per heavy atom. The molecule has 0 fully saturated rings. The summed E-state index contributed by atoms with van der Waals surface area (Å²) in [5, 5.41) is 11.5. The maximum atomic E-state index is 11.2. The van der Waals surface area contributed by atoms with Crippen molar-refractivity contribution >= 4 is 17.3 Å². The van der Waals surface area contributed by atoms with Gasteiger partial charge in [0.2, 0.25) is 0 Å². The highest BCUT2D eigenvalue weighted by Crippen LogP contribution is 2.19. The molecule has 1 aromatic rings. The first-order chi connectivity index (χ1) is 8.19. The third kappa shape index (κ3) is 4.74. The van der Waals surface area contributed by atoms with Crippen LogP contribution in [0.5, 0.6) is 0 Å². The molecule has 0 aliphatic heterocycles. The number of carbonyl (C=O) groups excluding carboxylic acids is 1. The number of rotatable bonds is 4. The van der Waals surface area contributed by atoms with Crippen molar-refractivity contribution in [2.45, 2.75) is 13.8 Å². The zero-order valence-electron chi connectivity index (χ0n) is 10.5. The normalized spacial score (nSPS) is 8.94. The summed E-state index contributed by atoms with van der Waals surface area (Å²) in [6.07, 6.45) is 0. The van der Waals surface area contributed by atoms with Gasteiger partial charge in [-0.1, -0.05) is 13.8 Å². The molecule has 0 atom stereocenters. The van der Waals surface area contributed by atoms with E-state index in [9.17, 15) is 4.79 Å². The number of nitrogens with one attached hydrogen (secondary N) is 1. The monoisotopic (exact) mass is 240 g/mol. The number of hydrogen-bond acceptors (Lipinski definition) is 5. The van der Waals surface area contributed by atoms with Gasteiger partial charge in [-0.15, -0.1) is 0 Å². The molecule has 1 rings (SSSR count). The van der Waals surface area contributed by atoms with E-state index in [1.807, 2.05) is 13.8 Å². The molecule has 0 saturated heterocycles. The van der Waals surface area contributed by atoms with E-state index in [1.54, 1.807) is 12.1 Å². The Morgan fingerprint density at radius 2 is 2.12 bits per heavy atom. The number of nitrogens with two attached hydrogens (primary N) is 1. The smallest absolute Gasteiger partial charge is 0.337 e. The van der Waals surface area contributed by atoms with Gasteiger partial charge in [0.25, 0.3) is 0 Å². The van der Waals surface area contributed by atoms with Crippen LogP contribution < -0.4 is 11.1 Å². The first-order valence-electron chi connectivity index (χ1n) is 5.51. The largest absolute Gasteiger partial charge is 0.465 e. The highest BCUT2D eigenvalue weighted by Gasteiger charge is 2.07. The Hall–Kier alpha value is -1.75. The van der Waals surface area contributed by atoms with Gasteiger partial charge in [0.15, 0.2) is 0 Å².